The van der Waals surface area contributed by atoms with Crippen molar-refractivity contribution in [1.82, 2.24) is 4.72 Å². The van der Waals surface area contributed by atoms with Crippen LogP contribution in [0.4, 0.5) is 0 Å². The van der Waals surface area contributed by atoms with E-state index in [-0.39, 0.29) is 17.0 Å². The molecule has 0 aromatic heterocycles. The van der Waals surface area contributed by atoms with Gasteiger partial charge >= 0.3 is 0 Å². The zero-order valence-electron chi connectivity index (χ0n) is 12.6. The van der Waals surface area contributed by atoms with Crippen LogP contribution in [-0.4, -0.2) is 25.7 Å². The summed E-state index contributed by atoms with van der Waals surface area (Å²) in [5.74, 6) is 0.521. The van der Waals surface area contributed by atoms with E-state index in [1.165, 1.54) is 12.1 Å². The lowest BCUT2D eigenvalue weighted by atomic mass is 9.76. The van der Waals surface area contributed by atoms with Crippen molar-refractivity contribution in [1.29, 1.82) is 0 Å². The molecule has 0 amide bonds. The molecule has 0 aliphatic heterocycles. The molecular weight excluding hydrogens is 290 g/mol. The lowest BCUT2D eigenvalue weighted by molar-refractivity contribution is 0.214. The molecule has 2 N–H and O–H groups in total. The van der Waals surface area contributed by atoms with Crippen LogP contribution < -0.4 is 9.46 Å². The quantitative estimate of drug-likeness (QED) is 0.809. The zero-order chi connectivity index (χ0) is 15.5. The number of rotatable bonds is 7. The molecule has 0 unspecified atom stereocenters. The van der Waals surface area contributed by atoms with Crippen LogP contribution in [0.15, 0.2) is 23.1 Å². The average Bonchev–Trinajstić information content (AvgIpc) is 2.43. The van der Waals surface area contributed by atoms with Gasteiger partial charge in [0.15, 0.2) is 0 Å². The van der Waals surface area contributed by atoms with E-state index in [9.17, 15) is 13.5 Å². The Balaban J connectivity index is 2.27. The number of hydrogen-bond acceptors (Lipinski definition) is 4. The number of ether oxygens (including phenoxy) is 1. The fraction of sp³-hybridized carbons (Fsp3) is 0.600. The summed E-state index contributed by atoms with van der Waals surface area (Å²) in [4.78, 5) is 0.176. The highest BCUT2D eigenvalue weighted by Gasteiger charge is 2.39. The predicted molar refractivity (Wildman–Crippen MR) is 80.7 cm³/mol. The first-order chi connectivity index (χ1) is 9.96. The first kappa shape index (κ1) is 16.3. The van der Waals surface area contributed by atoms with Gasteiger partial charge in [0.25, 0.3) is 0 Å². The van der Waals surface area contributed by atoms with E-state index in [0.29, 0.717) is 17.9 Å². The monoisotopic (exact) mass is 313 g/mol. The summed E-state index contributed by atoms with van der Waals surface area (Å²) in [6, 6.07) is 4.60. The second-order valence-electron chi connectivity index (χ2n) is 5.45. The van der Waals surface area contributed by atoms with Crippen LogP contribution >= 0.6 is 0 Å². The molecule has 1 aromatic carbocycles. The Morgan fingerprint density at radius 1 is 1.33 bits per heavy atom. The first-order valence-corrected chi connectivity index (χ1v) is 8.85. The van der Waals surface area contributed by atoms with Crippen molar-refractivity contribution in [2.24, 2.45) is 0 Å². The molecule has 0 atom stereocenters. The maximum atomic E-state index is 12.5. The molecule has 0 bridgehead atoms. The smallest absolute Gasteiger partial charge is 0.241 e. The maximum absolute atomic E-state index is 12.5. The van der Waals surface area contributed by atoms with E-state index in [4.69, 9.17) is 4.74 Å². The Morgan fingerprint density at radius 3 is 2.52 bits per heavy atom. The van der Waals surface area contributed by atoms with Gasteiger partial charge in [-0.05, 0) is 50.8 Å². The van der Waals surface area contributed by atoms with E-state index in [1.54, 1.807) is 6.07 Å². The molecule has 1 fully saturated rings. The van der Waals surface area contributed by atoms with Crippen molar-refractivity contribution >= 4 is 10.0 Å². The normalized spacial score (nSPS) is 17.3. The summed E-state index contributed by atoms with van der Waals surface area (Å²) in [7, 11) is -3.57. The van der Waals surface area contributed by atoms with Crippen LogP contribution in [0.5, 0.6) is 5.75 Å². The summed E-state index contributed by atoms with van der Waals surface area (Å²) in [5, 5.41) is 9.38. The van der Waals surface area contributed by atoms with Gasteiger partial charge in [0.1, 0.15) is 5.75 Å². The molecule has 6 heteroatoms. The third-order valence-electron chi connectivity index (χ3n) is 4.15. The molecule has 1 aliphatic carbocycles. The molecule has 1 aromatic rings. The Kier molecular flexibility index (Phi) is 4.91. The fourth-order valence-electron chi connectivity index (χ4n) is 2.62. The van der Waals surface area contributed by atoms with Crippen molar-refractivity contribution in [3.63, 3.8) is 0 Å². The largest absolute Gasteiger partial charge is 0.494 e. The molecule has 2 rings (SSSR count). The van der Waals surface area contributed by atoms with Crippen LogP contribution in [0.25, 0.3) is 0 Å². The molecule has 0 saturated heterocycles. The summed E-state index contributed by atoms with van der Waals surface area (Å²) >= 11 is 0. The molecule has 118 valence electrons. The minimum Gasteiger partial charge on any atom is -0.494 e. The second-order valence-corrected chi connectivity index (χ2v) is 7.14. The third kappa shape index (κ3) is 3.39. The van der Waals surface area contributed by atoms with E-state index in [0.717, 1.165) is 25.7 Å². The van der Waals surface area contributed by atoms with Crippen molar-refractivity contribution in [3.05, 3.63) is 23.8 Å². The number of nitrogens with one attached hydrogen (secondary N) is 1. The van der Waals surface area contributed by atoms with Gasteiger partial charge in [0, 0.05) is 11.1 Å². The highest BCUT2D eigenvalue weighted by Crippen LogP contribution is 2.36. The van der Waals surface area contributed by atoms with Crippen LogP contribution in [0.3, 0.4) is 0 Å². The molecule has 0 radical (unpaired) electrons. The van der Waals surface area contributed by atoms with E-state index in [2.05, 4.69) is 4.72 Å². The molecule has 0 spiro atoms. The summed E-state index contributed by atoms with van der Waals surface area (Å²) < 4.78 is 33.2. The van der Waals surface area contributed by atoms with Crippen molar-refractivity contribution in [3.8, 4) is 5.75 Å². The highest BCUT2D eigenvalue weighted by molar-refractivity contribution is 7.89. The van der Waals surface area contributed by atoms with E-state index < -0.39 is 10.0 Å². The van der Waals surface area contributed by atoms with Gasteiger partial charge in [-0.15, -0.1) is 0 Å². The van der Waals surface area contributed by atoms with Crippen molar-refractivity contribution in [2.75, 3.05) is 6.61 Å². The Bertz CT molecular complexity index is 588. The Hall–Kier alpha value is -1.11. The van der Waals surface area contributed by atoms with Gasteiger partial charge in [-0.25, -0.2) is 13.1 Å². The van der Waals surface area contributed by atoms with Crippen LogP contribution in [-0.2, 0) is 16.6 Å². The molecule has 1 aliphatic rings. The van der Waals surface area contributed by atoms with Crippen LogP contribution in [0, 0.1) is 0 Å². The van der Waals surface area contributed by atoms with Crippen molar-refractivity contribution < 1.29 is 18.3 Å². The SMILES string of the molecule is CCOc1ccc(S(=O)(=O)NC2(CC)CCC2)cc1CO. The highest BCUT2D eigenvalue weighted by atomic mass is 32.2. The predicted octanol–water partition coefficient (Wildman–Crippen LogP) is 2.19. The minimum atomic E-state index is -3.57. The fourth-order valence-corrected chi connectivity index (χ4v) is 4.20. The first-order valence-electron chi connectivity index (χ1n) is 7.37. The van der Waals surface area contributed by atoms with Gasteiger partial charge < -0.3 is 9.84 Å². The molecule has 5 nitrogen and oxygen atoms in total. The number of hydrogen-bond donors (Lipinski definition) is 2. The Labute approximate surface area is 126 Å². The molecule has 0 heterocycles. The maximum Gasteiger partial charge on any atom is 0.241 e. The zero-order valence-corrected chi connectivity index (χ0v) is 13.4. The second kappa shape index (κ2) is 6.34. The van der Waals surface area contributed by atoms with Crippen LogP contribution in [0.1, 0.15) is 45.1 Å². The lowest BCUT2D eigenvalue weighted by Gasteiger charge is -2.41. The third-order valence-corrected chi connectivity index (χ3v) is 5.73. The van der Waals surface area contributed by atoms with Crippen LogP contribution in [0.2, 0.25) is 0 Å². The van der Waals surface area contributed by atoms with Gasteiger partial charge in [-0.2, -0.15) is 0 Å². The van der Waals surface area contributed by atoms with Gasteiger partial charge in [0.2, 0.25) is 10.0 Å². The standard InChI is InChI=1S/C15H23NO4S/c1-3-15(8-5-9-15)16-21(18,19)13-6-7-14(20-4-2)12(10-13)11-17/h6-7,10,16-17H,3-5,8-9,11H2,1-2H3. The summed E-state index contributed by atoms with van der Waals surface area (Å²) in [5.41, 5.74) is 0.190. The molecule has 1 saturated carbocycles. The number of sulfonamides is 1. The number of aliphatic hydroxyl groups excluding tert-OH is 1. The van der Waals surface area contributed by atoms with E-state index >= 15 is 0 Å². The summed E-state index contributed by atoms with van der Waals surface area (Å²) in [6.45, 7) is 4.06. The van der Waals surface area contributed by atoms with E-state index in [1.807, 2.05) is 13.8 Å². The summed E-state index contributed by atoms with van der Waals surface area (Å²) in [6.07, 6.45) is 3.61. The van der Waals surface area contributed by atoms with Gasteiger partial charge in [0.05, 0.1) is 18.1 Å². The van der Waals surface area contributed by atoms with Gasteiger partial charge in [-0.3, -0.25) is 0 Å². The topological polar surface area (TPSA) is 75.6 Å². The number of aliphatic hydroxyl groups is 1. The average molecular weight is 313 g/mol. The molecular formula is C15H23NO4S. The van der Waals surface area contributed by atoms with Crippen molar-refractivity contribution in [2.45, 2.75) is 56.6 Å². The lowest BCUT2D eigenvalue weighted by Crippen LogP contribution is -2.52. The molecule has 21 heavy (non-hydrogen) atoms. The number of benzene rings is 1. The minimum absolute atomic E-state index is 0.176. The Morgan fingerprint density at radius 2 is 2.05 bits per heavy atom. The van der Waals surface area contributed by atoms with Gasteiger partial charge in [-0.1, -0.05) is 6.92 Å².